The van der Waals surface area contributed by atoms with E-state index in [0.717, 1.165) is 48.8 Å². The third-order valence-corrected chi connectivity index (χ3v) is 7.14. The van der Waals surface area contributed by atoms with Crippen molar-refractivity contribution in [3.63, 3.8) is 0 Å². The van der Waals surface area contributed by atoms with Crippen LogP contribution in [0, 0.1) is 11.6 Å². The van der Waals surface area contributed by atoms with Gasteiger partial charge in [0.15, 0.2) is 11.6 Å². The molecule has 1 unspecified atom stereocenters. The fourth-order valence-corrected chi connectivity index (χ4v) is 4.84. The van der Waals surface area contributed by atoms with E-state index >= 15 is 0 Å². The molecule has 1 saturated heterocycles. The number of nitrogens with zero attached hydrogens (tertiary/aromatic N) is 2. The van der Waals surface area contributed by atoms with Gasteiger partial charge in [0.25, 0.3) is 0 Å². The second-order valence-electron chi connectivity index (χ2n) is 9.47. The molecule has 0 radical (unpaired) electrons. The number of amides is 1. The zero-order valence-electron chi connectivity index (χ0n) is 20.9. The molecule has 1 saturated carbocycles. The first kappa shape index (κ1) is 26.3. The third kappa shape index (κ3) is 6.37. The van der Waals surface area contributed by atoms with Gasteiger partial charge in [-0.1, -0.05) is 29.8 Å². The number of carbonyl (C=O) groups is 1. The van der Waals surface area contributed by atoms with E-state index in [4.69, 9.17) is 21.1 Å². The van der Waals surface area contributed by atoms with Crippen LogP contribution in [-0.4, -0.2) is 55.7 Å². The smallest absolute Gasteiger partial charge is 0.247 e. The zero-order chi connectivity index (χ0) is 26.5. The first-order chi connectivity index (χ1) is 18.5. The highest BCUT2D eigenvalue weighted by atomic mass is 35.5. The standard InChI is InChI=1S/C29H30ClF2N3O3/c30-25-4-2-1-3-20(25)19-35(23-6-7-23)29(36)27-18-33-13-14-34(27)22-8-10-24(11-9-22)37-15-16-38-28-17-21(31)5-12-26(28)32/h1-5,8-12,17,23,27,33H,6-7,13-16,18-19H2. The molecule has 3 aromatic carbocycles. The Labute approximate surface area is 226 Å². The molecule has 3 aromatic rings. The van der Waals surface area contributed by atoms with E-state index in [-0.39, 0.29) is 37.0 Å². The Morgan fingerprint density at radius 1 is 1.03 bits per heavy atom. The number of ether oxygens (including phenoxy) is 2. The maximum absolute atomic E-state index is 13.8. The van der Waals surface area contributed by atoms with Gasteiger partial charge < -0.3 is 24.6 Å². The molecule has 5 rings (SSSR count). The van der Waals surface area contributed by atoms with Gasteiger partial charge in [-0.3, -0.25) is 4.79 Å². The molecular weight excluding hydrogens is 512 g/mol. The SMILES string of the molecule is O=C(C1CNCCN1c1ccc(OCCOc2cc(F)ccc2F)cc1)N(Cc1ccccc1Cl)C1CC1. The Hall–Kier alpha value is -3.36. The predicted molar refractivity (Wildman–Crippen MR) is 143 cm³/mol. The molecule has 38 heavy (non-hydrogen) atoms. The normalized spacial score (nSPS) is 17.2. The molecule has 1 heterocycles. The number of nitrogens with one attached hydrogen (secondary N) is 1. The molecule has 2 aliphatic rings. The van der Waals surface area contributed by atoms with E-state index < -0.39 is 11.6 Å². The first-order valence-corrected chi connectivity index (χ1v) is 13.2. The summed E-state index contributed by atoms with van der Waals surface area (Å²) in [6, 6.07) is 18.2. The first-order valence-electron chi connectivity index (χ1n) is 12.8. The minimum atomic E-state index is -0.622. The summed E-state index contributed by atoms with van der Waals surface area (Å²) in [6.07, 6.45) is 2.02. The van der Waals surface area contributed by atoms with Crippen LogP contribution in [0.2, 0.25) is 5.02 Å². The molecule has 1 N–H and O–H groups in total. The molecule has 9 heteroatoms. The molecule has 200 valence electrons. The number of hydrogen-bond donors (Lipinski definition) is 1. The van der Waals surface area contributed by atoms with Gasteiger partial charge in [-0.25, -0.2) is 8.78 Å². The van der Waals surface area contributed by atoms with Gasteiger partial charge >= 0.3 is 0 Å². The van der Waals surface area contributed by atoms with Crippen LogP contribution in [0.3, 0.4) is 0 Å². The fraction of sp³-hybridized carbons (Fsp3) is 0.345. The third-order valence-electron chi connectivity index (χ3n) is 6.77. The van der Waals surface area contributed by atoms with Crippen LogP contribution in [0.15, 0.2) is 66.7 Å². The minimum absolute atomic E-state index is 0.0684. The van der Waals surface area contributed by atoms with E-state index in [1.165, 1.54) is 0 Å². The van der Waals surface area contributed by atoms with Crippen LogP contribution in [-0.2, 0) is 11.3 Å². The van der Waals surface area contributed by atoms with Crippen molar-refractivity contribution in [2.75, 3.05) is 37.7 Å². The number of anilines is 1. The van der Waals surface area contributed by atoms with Crippen LogP contribution in [0.5, 0.6) is 11.5 Å². The predicted octanol–water partition coefficient (Wildman–Crippen LogP) is 5.05. The summed E-state index contributed by atoms with van der Waals surface area (Å²) in [6.45, 7) is 2.79. The summed E-state index contributed by atoms with van der Waals surface area (Å²) in [7, 11) is 0. The molecule has 0 spiro atoms. The average molecular weight is 542 g/mol. The van der Waals surface area contributed by atoms with Gasteiger partial charge in [-0.2, -0.15) is 0 Å². The van der Waals surface area contributed by atoms with Crippen molar-refractivity contribution >= 4 is 23.2 Å². The van der Waals surface area contributed by atoms with Gasteiger partial charge in [-0.15, -0.1) is 0 Å². The number of rotatable bonds is 10. The highest BCUT2D eigenvalue weighted by Crippen LogP contribution is 2.32. The van der Waals surface area contributed by atoms with Crippen molar-refractivity contribution in [1.82, 2.24) is 10.2 Å². The monoisotopic (exact) mass is 541 g/mol. The molecule has 0 aromatic heterocycles. The molecule has 1 atom stereocenters. The summed E-state index contributed by atoms with van der Waals surface area (Å²) >= 11 is 6.40. The number of benzene rings is 3. The topological polar surface area (TPSA) is 54.0 Å². The van der Waals surface area contributed by atoms with Crippen LogP contribution in [0.4, 0.5) is 14.5 Å². The lowest BCUT2D eigenvalue weighted by atomic mass is 10.1. The summed E-state index contributed by atoms with van der Waals surface area (Å²) in [5.41, 5.74) is 1.89. The van der Waals surface area contributed by atoms with Gasteiger partial charge in [0.05, 0.1) is 0 Å². The zero-order valence-corrected chi connectivity index (χ0v) is 21.7. The molecule has 1 aliphatic carbocycles. The lowest BCUT2D eigenvalue weighted by Crippen LogP contribution is -2.59. The largest absolute Gasteiger partial charge is 0.490 e. The maximum atomic E-state index is 13.8. The fourth-order valence-electron chi connectivity index (χ4n) is 4.64. The van der Waals surface area contributed by atoms with E-state index in [2.05, 4.69) is 10.2 Å². The molecule has 6 nitrogen and oxygen atoms in total. The Bertz CT molecular complexity index is 1260. The van der Waals surface area contributed by atoms with Crippen molar-refractivity contribution in [3.8, 4) is 11.5 Å². The van der Waals surface area contributed by atoms with Crippen molar-refractivity contribution < 1.29 is 23.0 Å². The van der Waals surface area contributed by atoms with Crippen molar-refractivity contribution in [3.05, 3.63) is 89.0 Å². The van der Waals surface area contributed by atoms with Crippen molar-refractivity contribution in [1.29, 1.82) is 0 Å². The molecule has 0 bridgehead atoms. The Morgan fingerprint density at radius 3 is 2.55 bits per heavy atom. The number of hydrogen-bond acceptors (Lipinski definition) is 5. The highest BCUT2D eigenvalue weighted by Gasteiger charge is 2.39. The maximum Gasteiger partial charge on any atom is 0.247 e. The molecule has 2 fully saturated rings. The molecule has 1 amide bonds. The van der Waals surface area contributed by atoms with Crippen LogP contribution < -0.4 is 19.7 Å². The molecular formula is C29H30ClF2N3O3. The Kier molecular flexibility index (Phi) is 8.29. The van der Waals surface area contributed by atoms with E-state index in [1.54, 1.807) is 0 Å². The highest BCUT2D eigenvalue weighted by molar-refractivity contribution is 6.31. The lowest BCUT2D eigenvalue weighted by Gasteiger charge is -2.39. The second-order valence-corrected chi connectivity index (χ2v) is 9.87. The van der Waals surface area contributed by atoms with Crippen molar-refractivity contribution in [2.45, 2.75) is 31.5 Å². The lowest BCUT2D eigenvalue weighted by molar-refractivity contribution is -0.134. The summed E-state index contributed by atoms with van der Waals surface area (Å²) in [4.78, 5) is 17.9. The van der Waals surface area contributed by atoms with Gasteiger partial charge in [0.2, 0.25) is 5.91 Å². The summed E-state index contributed by atoms with van der Waals surface area (Å²) in [5, 5.41) is 4.04. The Morgan fingerprint density at radius 2 is 1.79 bits per heavy atom. The van der Waals surface area contributed by atoms with E-state index in [9.17, 15) is 13.6 Å². The summed E-state index contributed by atoms with van der Waals surface area (Å²) < 4.78 is 38.0. The van der Waals surface area contributed by atoms with E-state index in [1.807, 2.05) is 53.4 Å². The number of carbonyl (C=O) groups excluding carboxylic acids is 1. The van der Waals surface area contributed by atoms with Crippen LogP contribution in [0.25, 0.3) is 0 Å². The van der Waals surface area contributed by atoms with Crippen LogP contribution >= 0.6 is 11.6 Å². The van der Waals surface area contributed by atoms with Gasteiger partial charge in [0, 0.05) is 49.0 Å². The summed E-state index contributed by atoms with van der Waals surface area (Å²) in [5.74, 6) is -0.613. The van der Waals surface area contributed by atoms with Crippen molar-refractivity contribution in [2.24, 2.45) is 0 Å². The van der Waals surface area contributed by atoms with Gasteiger partial charge in [0.1, 0.15) is 30.8 Å². The van der Waals surface area contributed by atoms with Gasteiger partial charge in [-0.05, 0) is 60.9 Å². The molecule has 1 aliphatic heterocycles. The average Bonchev–Trinajstić information content (AvgIpc) is 3.78. The number of halogens is 3. The van der Waals surface area contributed by atoms with E-state index in [0.29, 0.717) is 30.4 Å². The number of piperazine rings is 1. The van der Waals surface area contributed by atoms with Crippen LogP contribution in [0.1, 0.15) is 18.4 Å². The Balaban J connectivity index is 1.20. The quantitative estimate of drug-likeness (QED) is 0.364. The second kappa shape index (κ2) is 12.0. The minimum Gasteiger partial charge on any atom is -0.490 e.